The SMILES string of the molecule is CC1CN(C(=O)Nc2ccc(C(=O)O)c(O)c2)CCO1. The number of rotatable bonds is 2. The summed E-state index contributed by atoms with van der Waals surface area (Å²) in [6, 6.07) is 3.59. The molecule has 0 spiro atoms. The number of anilines is 1. The zero-order chi connectivity index (χ0) is 14.7. The standard InChI is InChI=1S/C13H16N2O5/c1-8-7-15(4-5-20-8)13(19)14-9-2-3-10(12(17)18)11(16)6-9/h2-3,6,8,16H,4-5,7H2,1H3,(H,14,19)(H,17,18). The minimum absolute atomic E-state index is 0.0164. The lowest BCUT2D eigenvalue weighted by Crippen LogP contribution is -2.46. The summed E-state index contributed by atoms with van der Waals surface area (Å²) in [5.41, 5.74) is 0.139. The van der Waals surface area contributed by atoms with E-state index in [2.05, 4.69) is 5.32 Å². The van der Waals surface area contributed by atoms with E-state index < -0.39 is 5.97 Å². The number of aromatic carboxylic acids is 1. The molecule has 1 fully saturated rings. The maximum atomic E-state index is 12.0. The van der Waals surface area contributed by atoms with Crippen molar-refractivity contribution in [3.63, 3.8) is 0 Å². The number of ether oxygens (including phenoxy) is 1. The highest BCUT2D eigenvalue weighted by atomic mass is 16.5. The van der Waals surface area contributed by atoms with E-state index in [-0.39, 0.29) is 23.4 Å². The van der Waals surface area contributed by atoms with E-state index in [4.69, 9.17) is 9.84 Å². The molecule has 1 aliphatic rings. The first-order valence-corrected chi connectivity index (χ1v) is 6.21. The van der Waals surface area contributed by atoms with E-state index in [1.165, 1.54) is 18.2 Å². The van der Waals surface area contributed by atoms with Crippen molar-refractivity contribution in [3.05, 3.63) is 23.8 Å². The summed E-state index contributed by atoms with van der Waals surface area (Å²) in [6.07, 6.45) is -0.0164. The Morgan fingerprint density at radius 1 is 1.45 bits per heavy atom. The number of nitrogens with one attached hydrogen (secondary N) is 1. The van der Waals surface area contributed by atoms with E-state index in [1.54, 1.807) is 4.90 Å². The monoisotopic (exact) mass is 280 g/mol. The van der Waals surface area contributed by atoms with Gasteiger partial charge < -0.3 is 25.2 Å². The van der Waals surface area contributed by atoms with Crippen molar-refractivity contribution in [3.8, 4) is 5.75 Å². The van der Waals surface area contributed by atoms with Gasteiger partial charge in [0.25, 0.3) is 0 Å². The quantitative estimate of drug-likeness (QED) is 0.759. The van der Waals surface area contributed by atoms with E-state index in [0.29, 0.717) is 25.4 Å². The fourth-order valence-electron chi connectivity index (χ4n) is 2.00. The van der Waals surface area contributed by atoms with Gasteiger partial charge in [-0.05, 0) is 19.1 Å². The molecule has 7 heteroatoms. The van der Waals surface area contributed by atoms with Gasteiger partial charge in [0.15, 0.2) is 0 Å². The number of morpholine rings is 1. The highest BCUT2D eigenvalue weighted by molar-refractivity contribution is 5.94. The van der Waals surface area contributed by atoms with Crippen LogP contribution in [0.3, 0.4) is 0 Å². The lowest BCUT2D eigenvalue weighted by Gasteiger charge is -2.31. The van der Waals surface area contributed by atoms with Gasteiger partial charge in [0.05, 0.1) is 12.7 Å². The molecule has 0 saturated carbocycles. The molecule has 1 atom stereocenters. The van der Waals surface area contributed by atoms with Crippen LogP contribution in [0.1, 0.15) is 17.3 Å². The van der Waals surface area contributed by atoms with Crippen molar-refractivity contribution < 1.29 is 24.5 Å². The number of aromatic hydroxyl groups is 1. The number of carbonyl (C=O) groups excluding carboxylic acids is 1. The predicted octanol–water partition coefficient (Wildman–Crippen LogP) is 1.34. The fraction of sp³-hybridized carbons (Fsp3) is 0.385. The zero-order valence-corrected chi connectivity index (χ0v) is 11.0. The van der Waals surface area contributed by atoms with Gasteiger partial charge >= 0.3 is 12.0 Å². The molecule has 1 aromatic rings. The highest BCUT2D eigenvalue weighted by Gasteiger charge is 2.21. The molecular formula is C13H16N2O5. The fourth-order valence-corrected chi connectivity index (χ4v) is 2.00. The summed E-state index contributed by atoms with van der Waals surface area (Å²) in [5, 5.41) is 21.0. The Kier molecular flexibility index (Phi) is 4.09. The molecule has 0 radical (unpaired) electrons. The summed E-state index contributed by atoms with van der Waals surface area (Å²) in [7, 11) is 0. The van der Waals surface area contributed by atoms with Gasteiger partial charge in [-0.3, -0.25) is 0 Å². The summed E-state index contributed by atoms with van der Waals surface area (Å²) in [4.78, 5) is 24.4. The van der Waals surface area contributed by atoms with Crippen molar-refractivity contribution in [2.24, 2.45) is 0 Å². The normalized spacial score (nSPS) is 18.6. The lowest BCUT2D eigenvalue weighted by atomic mass is 10.2. The topological polar surface area (TPSA) is 99.1 Å². The second-order valence-electron chi connectivity index (χ2n) is 4.59. The Morgan fingerprint density at radius 2 is 2.20 bits per heavy atom. The third kappa shape index (κ3) is 3.18. The van der Waals surface area contributed by atoms with Crippen molar-refractivity contribution in [1.82, 2.24) is 4.90 Å². The van der Waals surface area contributed by atoms with Crippen LogP contribution in [0.5, 0.6) is 5.75 Å². The van der Waals surface area contributed by atoms with E-state index in [1.807, 2.05) is 6.92 Å². The van der Waals surface area contributed by atoms with Crippen molar-refractivity contribution in [2.45, 2.75) is 13.0 Å². The molecule has 1 heterocycles. The Morgan fingerprint density at radius 3 is 2.80 bits per heavy atom. The number of carboxylic acid groups (broad SMARTS) is 1. The molecule has 2 amide bonds. The van der Waals surface area contributed by atoms with Gasteiger partial charge in [-0.15, -0.1) is 0 Å². The van der Waals surface area contributed by atoms with Crippen LogP contribution in [-0.4, -0.2) is 52.9 Å². The van der Waals surface area contributed by atoms with E-state index in [9.17, 15) is 14.7 Å². The summed E-state index contributed by atoms with van der Waals surface area (Å²) < 4.78 is 5.34. The maximum Gasteiger partial charge on any atom is 0.339 e. The molecule has 3 N–H and O–H groups in total. The van der Waals surface area contributed by atoms with Gasteiger partial charge in [0.2, 0.25) is 0 Å². The van der Waals surface area contributed by atoms with Crippen molar-refractivity contribution in [1.29, 1.82) is 0 Å². The molecule has 108 valence electrons. The number of carbonyl (C=O) groups is 2. The zero-order valence-electron chi connectivity index (χ0n) is 11.0. The summed E-state index contributed by atoms with van der Waals surface area (Å²) in [6.45, 7) is 3.35. The number of urea groups is 1. The number of benzene rings is 1. The number of nitrogens with zero attached hydrogens (tertiary/aromatic N) is 1. The Hall–Kier alpha value is -2.28. The van der Waals surface area contributed by atoms with Crippen LogP contribution in [0.2, 0.25) is 0 Å². The molecule has 0 aliphatic carbocycles. The summed E-state index contributed by atoms with van der Waals surface area (Å²) >= 11 is 0. The molecule has 1 unspecified atom stereocenters. The average molecular weight is 280 g/mol. The maximum absolute atomic E-state index is 12.0. The predicted molar refractivity (Wildman–Crippen MR) is 71.1 cm³/mol. The lowest BCUT2D eigenvalue weighted by molar-refractivity contribution is -0.00138. The van der Waals surface area contributed by atoms with Crippen LogP contribution in [0.25, 0.3) is 0 Å². The van der Waals surface area contributed by atoms with Gasteiger partial charge in [0, 0.05) is 24.8 Å². The van der Waals surface area contributed by atoms with Gasteiger partial charge in [0.1, 0.15) is 11.3 Å². The first-order chi connectivity index (χ1) is 9.47. The smallest absolute Gasteiger partial charge is 0.339 e. The molecule has 20 heavy (non-hydrogen) atoms. The highest BCUT2D eigenvalue weighted by Crippen LogP contribution is 2.22. The minimum atomic E-state index is -1.22. The molecular weight excluding hydrogens is 264 g/mol. The third-order valence-electron chi connectivity index (χ3n) is 3.01. The van der Waals surface area contributed by atoms with Crippen LogP contribution in [0.4, 0.5) is 10.5 Å². The molecule has 1 aliphatic heterocycles. The Labute approximate surface area is 115 Å². The van der Waals surface area contributed by atoms with Crippen LogP contribution in [-0.2, 0) is 4.74 Å². The molecule has 1 saturated heterocycles. The van der Waals surface area contributed by atoms with Crippen molar-refractivity contribution in [2.75, 3.05) is 25.0 Å². The van der Waals surface area contributed by atoms with Gasteiger partial charge in [-0.25, -0.2) is 9.59 Å². The van der Waals surface area contributed by atoms with Crippen LogP contribution in [0, 0.1) is 0 Å². The minimum Gasteiger partial charge on any atom is -0.507 e. The Balaban J connectivity index is 2.04. The van der Waals surface area contributed by atoms with Crippen LogP contribution >= 0.6 is 0 Å². The Bertz CT molecular complexity index is 531. The number of carboxylic acids is 1. The number of amides is 2. The number of phenols is 1. The van der Waals surface area contributed by atoms with Gasteiger partial charge in [-0.1, -0.05) is 0 Å². The van der Waals surface area contributed by atoms with E-state index >= 15 is 0 Å². The van der Waals surface area contributed by atoms with Crippen LogP contribution < -0.4 is 5.32 Å². The second kappa shape index (κ2) is 5.79. The largest absolute Gasteiger partial charge is 0.507 e. The second-order valence-corrected chi connectivity index (χ2v) is 4.59. The average Bonchev–Trinajstić information content (AvgIpc) is 2.38. The molecule has 1 aromatic carbocycles. The molecule has 7 nitrogen and oxygen atoms in total. The summed E-state index contributed by atoms with van der Waals surface area (Å²) in [5.74, 6) is -1.60. The van der Waals surface area contributed by atoms with Crippen molar-refractivity contribution >= 4 is 17.7 Å². The van der Waals surface area contributed by atoms with E-state index in [0.717, 1.165) is 0 Å². The molecule has 0 aromatic heterocycles. The number of hydrogen-bond donors (Lipinski definition) is 3. The first kappa shape index (κ1) is 14.1. The number of hydrogen-bond acceptors (Lipinski definition) is 4. The van der Waals surface area contributed by atoms with Crippen LogP contribution in [0.15, 0.2) is 18.2 Å². The van der Waals surface area contributed by atoms with Gasteiger partial charge in [-0.2, -0.15) is 0 Å². The third-order valence-corrected chi connectivity index (χ3v) is 3.01. The molecule has 0 bridgehead atoms. The first-order valence-electron chi connectivity index (χ1n) is 6.21. The molecule has 2 rings (SSSR count).